The number of urea groups is 1. The topological polar surface area (TPSA) is 100 Å². The van der Waals surface area contributed by atoms with Gasteiger partial charge in [-0.25, -0.2) is 9.78 Å². The minimum atomic E-state index is -0.790. The van der Waals surface area contributed by atoms with Gasteiger partial charge >= 0.3 is 6.03 Å². The van der Waals surface area contributed by atoms with Gasteiger partial charge in [0, 0.05) is 23.9 Å². The average Bonchev–Trinajstić information content (AvgIpc) is 3.15. The molecule has 3 N–H and O–H groups in total. The van der Waals surface area contributed by atoms with E-state index in [9.17, 15) is 14.4 Å². The van der Waals surface area contributed by atoms with E-state index in [1.807, 2.05) is 35.7 Å². The molecule has 0 saturated carbocycles. The minimum absolute atomic E-state index is 0.0648. The van der Waals surface area contributed by atoms with Crippen molar-refractivity contribution in [2.24, 2.45) is 0 Å². The number of hydrogen-bond donors (Lipinski definition) is 3. The molecule has 3 rings (SSSR count). The molecular weight excluding hydrogens is 328 g/mol. The summed E-state index contributed by atoms with van der Waals surface area (Å²) in [4.78, 5) is 38.7. The van der Waals surface area contributed by atoms with Crippen molar-refractivity contribution in [1.29, 1.82) is 0 Å². The summed E-state index contributed by atoms with van der Waals surface area (Å²) >= 11 is 1.55. The summed E-state index contributed by atoms with van der Waals surface area (Å²) in [6.07, 6.45) is 0.553. The predicted octanol–water partition coefficient (Wildman–Crippen LogP) is 1.07. The van der Waals surface area contributed by atoms with Crippen LogP contribution in [0.25, 0.3) is 11.3 Å². The first kappa shape index (κ1) is 16.1. The van der Waals surface area contributed by atoms with Crippen molar-refractivity contribution < 1.29 is 14.4 Å². The van der Waals surface area contributed by atoms with Crippen molar-refractivity contribution in [3.63, 3.8) is 0 Å². The summed E-state index contributed by atoms with van der Waals surface area (Å²) < 4.78 is 0. The van der Waals surface area contributed by atoms with Crippen LogP contribution >= 0.6 is 11.3 Å². The van der Waals surface area contributed by atoms with Gasteiger partial charge in [-0.3, -0.25) is 14.9 Å². The van der Waals surface area contributed by atoms with Gasteiger partial charge < -0.3 is 10.6 Å². The highest BCUT2D eigenvalue weighted by molar-refractivity contribution is 7.09. The SMILES string of the molecule is O=C(CC1NC(=O)NC1=O)NCCc1nc(-c2ccccc2)cs1. The molecule has 1 fully saturated rings. The number of rotatable bonds is 6. The number of thiazole rings is 1. The third kappa shape index (κ3) is 3.96. The fourth-order valence-electron chi connectivity index (χ4n) is 2.34. The lowest BCUT2D eigenvalue weighted by molar-refractivity contribution is -0.126. The monoisotopic (exact) mass is 344 g/mol. The Morgan fingerprint density at radius 2 is 2.04 bits per heavy atom. The molecule has 1 aromatic heterocycles. The molecule has 1 aromatic carbocycles. The first-order chi connectivity index (χ1) is 11.6. The molecule has 1 aliphatic rings. The summed E-state index contributed by atoms with van der Waals surface area (Å²) in [7, 11) is 0. The van der Waals surface area contributed by atoms with Gasteiger partial charge in [0.25, 0.3) is 5.91 Å². The number of hydrogen-bond acceptors (Lipinski definition) is 5. The van der Waals surface area contributed by atoms with E-state index in [-0.39, 0.29) is 12.3 Å². The molecule has 8 heteroatoms. The Kier molecular flexibility index (Phi) is 4.85. The van der Waals surface area contributed by atoms with Crippen LogP contribution < -0.4 is 16.0 Å². The van der Waals surface area contributed by atoms with Crippen LogP contribution in [-0.2, 0) is 16.0 Å². The normalized spacial score (nSPS) is 16.6. The van der Waals surface area contributed by atoms with Gasteiger partial charge in [0.15, 0.2) is 0 Å². The molecule has 0 aliphatic carbocycles. The van der Waals surface area contributed by atoms with Crippen LogP contribution in [0.4, 0.5) is 4.79 Å². The predicted molar refractivity (Wildman–Crippen MR) is 89.3 cm³/mol. The number of aromatic nitrogens is 1. The largest absolute Gasteiger partial charge is 0.356 e. The lowest BCUT2D eigenvalue weighted by Crippen LogP contribution is -2.36. The number of nitrogens with zero attached hydrogens (tertiary/aromatic N) is 1. The molecule has 0 bridgehead atoms. The van der Waals surface area contributed by atoms with Crippen LogP contribution in [0.5, 0.6) is 0 Å². The van der Waals surface area contributed by atoms with Crippen molar-refractivity contribution in [2.75, 3.05) is 6.54 Å². The van der Waals surface area contributed by atoms with Gasteiger partial charge in [-0.1, -0.05) is 30.3 Å². The smallest absolute Gasteiger partial charge is 0.322 e. The summed E-state index contributed by atoms with van der Waals surface area (Å²) in [6.45, 7) is 0.433. The number of amides is 4. The maximum Gasteiger partial charge on any atom is 0.322 e. The van der Waals surface area contributed by atoms with E-state index in [1.54, 1.807) is 11.3 Å². The van der Waals surface area contributed by atoms with Crippen molar-refractivity contribution >= 4 is 29.2 Å². The number of nitrogens with one attached hydrogen (secondary N) is 3. The molecule has 2 aromatic rings. The molecule has 1 unspecified atom stereocenters. The molecule has 0 radical (unpaired) electrons. The molecule has 7 nitrogen and oxygen atoms in total. The second kappa shape index (κ2) is 7.22. The number of imide groups is 1. The molecule has 1 saturated heterocycles. The fourth-order valence-corrected chi connectivity index (χ4v) is 3.14. The first-order valence-corrected chi connectivity index (χ1v) is 8.37. The summed E-state index contributed by atoms with van der Waals surface area (Å²) in [5.74, 6) is -0.750. The standard InChI is InChI=1S/C16H16N4O3S/c21-13(8-11-15(22)20-16(23)19-11)17-7-6-14-18-12(9-24-14)10-4-2-1-3-5-10/h1-5,9,11H,6-8H2,(H,17,21)(H2,19,20,22,23). The van der Waals surface area contributed by atoms with Gasteiger partial charge in [-0.05, 0) is 0 Å². The summed E-state index contributed by atoms with van der Waals surface area (Å²) in [5.41, 5.74) is 1.99. The zero-order valence-corrected chi connectivity index (χ0v) is 13.6. The van der Waals surface area contributed by atoms with E-state index in [2.05, 4.69) is 20.9 Å². The number of carbonyl (C=O) groups is 3. The average molecular weight is 344 g/mol. The summed E-state index contributed by atoms with van der Waals surface area (Å²) in [6, 6.07) is 8.54. The Bertz CT molecular complexity index is 760. The van der Waals surface area contributed by atoms with E-state index >= 15 is 0 Å². The maximum atomic E-state index is 11.8. The molecule has 4 amide bonds. The van der Waals surface area contributed by atoms with Crippen molar-refractivity contribution in [2.45, 2.75) is 18.9 Å². The van der Waals surface area contributed by atoms with Gasteiger partial charge in [0.1, 0.15) is 6.04 Å². The van der Waals surface area contributed by atoms with E-state index in [1.165, 1.54) is 0 Å². The third-order valence-corrected chi connectivity index (χ3v) is 4.44. The Morgan fingerprint density at radius 1 is 1.25 bits per heavy atom. The van der Waals surface area contributed by atoms with E-state index in [4.69, 9.17) is 0 Å². The van der Waals surface area contributed by atoms with Crippen LogP contribution in [0.1, 0.15) is 11.4 Å². The molecule has 24 heavy (non-hydrogen) atoms. The van der Waals surface area contributed by atoms with Crippen molar-refractivity contribution in [3.05, 3.63) is 40.7 Å². The highest BCUT2D eigenvalue weighted by Crippen LogP contribution is 2.21. The molecule has 1 aliphatic heterocycles. The molecule has 2 heterocycles. The van der Waals surface area contributed by atoms with Gasteiger partial charge in [0.05, 0.1) is 17.1 Å². The molecule has 1 atom stereocenters. The highest BCUT2D eigenvalue weighted by Gasteiger charge is 2.31. The van der Waals surface area contributed by atoms with E-state index in [0.717, 1.165) is 16.3 Å². The van der Waals surface area contributed by atoms with Gasteiger partial charge in [-0.2, -0.15) is 0 Å². The second-order valence-electron chi connectivity index (χ2n) is 5.31. The highest BCUT2D eigenvalue weighted by atomic mass is 32.1. The molecule has 124 valence electrons. The van der Waals surface area contributed by atoms with Crippen LogP contribution in [0.15, 0.2) is 35.7 Å². The Labute approximate surface area is 142 Å². The Hall–Kier alpha value is -2.74. The van der Waals surface area contributed by atoms with E-state index < -0.39 is 18.0 Å². The quantitative estimate of drug-likeness (QED) is 0.682. The van der Waals surface area contributed by atoms with Crippen LogP contribution in [-0.4, -0.2) is 35.4 Å². The van der Waals surface area contributed by atoms with E-state index in [0.29, 0.717) is 13.0 Å². The van der Waals surface area contributed by atoms with Gasteiger partial charge in [-0.15, -0.1) is 11.3 Å². The third-order valence-electron chi connectivity index (χ3n) is 3.53. The molecule has 0 spiro atoms. The first-order valence-electron chi connectivity index (χ1n) is 7.50. The maximum absolute atomic E-state index is 11.8. The second-order valence-corrected chi connectivity index (χ2v) is 6.25. The Morgan fingerprint density at radius 3 is 2.75 bits per heavy atom. The Balaban J connectivity index is 1.45. The fraction of sp³-hybridized carbons (Fsp3) is 0.250. The lowest BCUT2D eigenvalue weighted by Gasteiger charge is -2.07. The number of benzene rings is 1. The minimum Gasteiger partial charge on any atom is -0.356 e. The zero-order valence-electron chi connectivity index (χ0n) is 12.7. The van der Waals surface area contributed by atoms with Crippen LogP contribution in [0.2, 0.25) is 0 Å². The lowest BCUT2D eigenvalue weighted by atomic mass is 10.2. The van der Waals surface area contributed by atoms with Crippen molar-refractivity contribution in [1.82, 2.24) is 20.9 Å². The number of carbonyl (C=O) groups excluding carboxylic acids is 3. The van der Waals surface area contributed by atoms with Crippen LogP contribution in [0.3, 0.4) is 0 Å². The molecular formula is C16H16N4O3S. The summed E-state index contributed by atoms with van der Waals surface area (Å²) in [5, 5.41) is 10.1. The van der Waals surface area contributed by atoms with Crippen molar-refractivity contribution in [3.8, 4) is 11.3 Å². The van der Waals surface area contributed by atoms with Gasteiger partial charge in [0.2, 0.25) is 5.91 Å². The van der Waals surface area contributed by atoms with Crippen LogP contribution in [0, 0.1) is 0 Å². The zero-order chi connectivity index (χ0) is 16.9.